The van der Waals surface area contributed by atoms with Crippen molar-refractivity contribution in [3.8, 4) is 0 Å². The summed E-state index contributed by atoms with van der Waals surface area (Å²) in [6.45, 7) is 16.0. The predicted octanol–water partition coefficient (Wildman–Crippen LogP) is 7.24. The number of fused-ring (bicyclic) bond motifs is 3. The van der Waals surface area contributed by atoms with E-state index in [9.17, 15) is 14.4 Å². The fraction of sp³-hybridized carbons (Fsp3) is 0.606. The van der Waals surface area contributed by atoms with Crippen molar-refractivity contribution in [2.24, 2.45) is 28.1 Å². The van der Waals surface area contributed by atoms with Crippen molar-refractivity contribution in [1.29, 1.82) is 0 Å². The molecule has 3 rings (SSSR count). The number of methoxy groups -OCH3 is 1. The summed E-state index contributed by atoms with van der Waals surface area (Å²) >= 11 is 0. The molecule has 3 aliphatic rings. The molecule has 0 saturated heterocycles. The van der Waals surface area contributed by atoms with Crippen molar-refractivity contribution in [1.82, 2.24) is 0 Å². The van der Waals surface area contributed by atoms with E-state index in [1.165, 1.54) is 19.6 Å². The molecule has 6 atom stereocenters. The van der Waals surface area contributed by atoms with E-state index >= 15 is 0 Å². The molecular formula is C33H46O5. The van der Waals surface area contributed by atoms with E-state index < -0.39 is 11.5 Å². The second-order valence-corrected chi connectivity index (χ2v) is 12.5. The molecule has 5 heteroatoms. The standard InChI is InChI=1S/C33H46O5/c1-21(2)12-10-13-22(3)14-11-15-23(4)29-25(35)20-27-31(6)19-17-28(38-24(5)34)33(8,30(36)37-9)26(31)16-18-32(27,29)7/h10-15,26-28H,16-20H2,1-9H3/b13-10+,15-11+,22-14+,29-23+/t26-,27-,28+,31+,32-,33+/m0/s1. The quantitative estimate of drug-likeness (QED) is 0.209. The summed E-state index contributed by atoms with van der Waals surface area (Å²) in [5.41, 5.74) is 2.89. The van der Waals surface area contributed by atoms with Crippen LogP contribution >= 0.6 is 0 Å². The first-order valence-corrected chi connectivity index (χ1v) is 13.9. The molecule has 0 aromatic rings. The van der Waals surface area contributed by atoms with E-state index in [0.717, 1.165) is 36.0 Å². The Hall–Kier alpha value is -2.69. The van der Waals surface area contributed by atoms with Crippen molar-refractivity contribution < 1.29 is 23.9 Å². The maximum atomic E-state index is 13.6. The molecule has 0 aromatic carbocycles. The molecule has 0 radical (unpaired) electrons. The molecule has 208 valence electrons. The van der Waals surface area contributed by atoms with Gasteiger partial charge in [-0.25, -0.2) is 0 Å². The van der Waals surface area contributed by atoms with Crippen LogP contribution in [0.4, 0.5) is 0 Å². The molecule has 3 fully saturated rings. The summed E-state index contributed by atoms with van der Waals surface area (Å²) in [5.74, 6) is -0.420. The van der Waals surface area contributed by atoms with E-state index in [1.807, 2.05) is 26.0 Å². The molecule has 0 aromatic heterocycles. The highest BCUT2D eigenvalue weighted by Crippen LogP contribution is 2.69. The third-order valence-corrected chi connectivity index (χ3v) is 9.71. The Labute approximate surface area is 229 Å². The molecule has 0 spiro atoms. The van der Waals surface area contributed by atoms with Gasteiger partial charge < -0.3 is 9.47 Å². The van der Waals surface area contributed by atoms with Gasteiger partial charge >= 0.3 is 11.9 Å². The highest BCUT2D eigenvalue weighted by molar-refractivity contribution is 6.01. The third-order valence-electron chi connectivity index (χ3n) is 9.71. The molecule has 38 heavy (non-hydrogen) atoms. The Bertz CT molecular complexity index is 1130. The van der Waals surface area contributed by atoms with Crippen molar-refractivity contribution in [2.45, 2.75) is 93.6 Å². The van der Waals surface area contributed by atoms with Gasteiger partial charge in [0.2, 0.25) is 0 Å². The summed E-state index contributed by atoms with van der Waals surface area (Å²) < 4.78 is 11.0. The lowest BCUT2D eigenvalue weighted by molar-refractivity contribution is -0.206. The smallest absolute Gasteiger partial charge is 0.315 e. The fourth-order valence-corrected chi connectivity index (χ4v) is 8.00. The minimum Gasteiger partial charge on any atom is -0.468 e. The van der Waals surface area contributed by atoms with Crippen LogP contribution in [0.15, 0.2) is 58.7 Å². The maximum Gasteiger partial charge on any atom is 0.315 e. The van der Waals surface area contributed by atoms with Gasteiger partial charge in [-0.15, -0.1) is 0 Å². The highest BCUT2D eigenvalue weighted by atomic mass is 16.6. The Morgan fingerprint density at radius 2 is 1.55 bits per heavy atom. The number of allylic oxidation sites excluding steroid dienone is 10. The largest absolute Gasteiger partial charge is 0.468 e. The van der Waals surface area contributed by atoms with Gasteiger partial charge in [0.15, 0.2) is 5.78 Å². The van der Waals surface area contributed by atoms with Gasteiger partial charge in [-0.05, 0) is 83.1 Å². The Morgan fingerprint density at radius 1 is 0.895 bits per heavy atom. The molecule has 0 bridgehead atoms. The van der Waals surface area contributed by atoms with E-state index in [0.29, 0.717) is 12.8 Å². The number of carbonyl (C=O) groups excluding carboxylic acids is 3. The Kier molecular flexibility index (Phi) is 8.80. The number of ether oxygens (including phenoxy) is 2. The molecule has 0 heterocycles. The minimum atomic E-state index is -0.944. The molecule has 0 N–H and O–H groups in total. The summed E-state index contributed by atoms with van der Waals surface area (Å²) in [6, 6.07) is 0. The van der Waals surface area contributed by atoms with E-state index in [2.05, 4.69) is 58.9 Å². The van der Waals surface area contributed by atoms with E-state index in [1.54, 1.807) is 0 Å². The van der Waals surface area contributed by atoms with Gasteiger partial charge in [0.25, 0.3) is 0 Å². The lowest BCUT2D eigenvalue weighted by Gasteiger charge is -2.61. The van der Waals surface area contributed by atoms with Crippen LogP contribution in [0.1, 0.15) is 87.5 Å². The van der Waals surface area contributed by atoms with Crippen molar-refractivity contribution in [3.05, 3.63) is 58.7 Å². The highest BCUT2D eigenvalue weighted by Gasteiger charge is 2.68. The SMILES string of the molecule is COC(=O)[C@@]1(C)[C@H](OC(C)=O)CC[C@]2(C)[C@@H]1CC[C@]1(C)/C(=C(C)/C=C/C=C(C)/C=C/C=C(C)C)C(=O)C[C@@H]21. The summed E-state index contributed by atoms with van der Waals surface area (Å²) in [4.78, 5) is 38.7. The zero-order valence-corrected chi connectivity index (χ0v) is 24.8. The average molecular weight is 523 g/mol. The molecule has 3 saturated carbocycles. The summed E-state index contributed by atoms with van der Waals surface area (Å²) in [7, 11) is 1.40. The average Bonchev–Trinajstić information content (AvgIpc) is 3.11. The lowest BCUT2D eigenvalue weighted by atomic mass is 9.42. The molecule has 0 unspecified atom stereocenters. The van der Waals surface area contributed by atoms with Gasteiger partial charge in [0, 0.05) is 24.3 Å². The first kappa shape index (κ1) is 29.9. The van der Waals surface area contributed by atoms with Crippen LogP contribution in [0.25, 0.3) is 0 Å². The van der Waals surface area contributed by atoms with Gasteiger partial charge in [-0.2, -0.15) is 0 Å². The van der Waals surface area contributed by atoms with Crippen LogP contribution in [0.2, 0.25) is 0 Å². The number of esters is 2. The zero-order chi connectivity index (χ0) is 28.5. The third kappa shape index (κ3) is 5.26. The second kappa shape index (κ2) is 11.2. The molecule has 0 aliphatic heterocycles. The molecule has 3 aliphatic carbocycles. The Morgan fingerprint density at radius 3 is 2.16 bits per heavy atom. The first-order chi connectivity index (χ1) is 17.7. The first-order valence-electron chi connectivity index (χ1n) is 13.9. The van der Waals surface area contributed by atoms with Crippen LogP contribution < -0.4 is 0 Å². The van der Waals surface area contributed by atoms with Crippen molar-refractivity contribution >= 4 is 17.7 Å². The molecule has 5 nitrogen and oxygen atoms in total. The van der Waals surface area contributed by atoms with Gasteiger partial charge in [0.05, 0.1) is 7.11 Å². The van der Waals surface area contributed by atoms with Gasteiger partial charge in [-0.1, -0.05) is 61.4 Å². The van der Waals surface area contributed by atoms with Gasteiger partial charge in [-0.3, -0.25) is 14.4 Å². The molecular weight excluding hydrogens is 476 g/mol. The van der Waals surface area contributed by atoms with Crippen LogP contribution in [-0.4, -0.2) is 30.9 Å². The number of carbonyl (C=O) groups is 3. The fourth-order valence-electron chi connectivity index (χ4n) is 8.00. The van der Waals surface area contributed by atoms with Crippen molar-refractivity contribution in [2.75, 3.05) is 7.11 Å². The summed E-state index contributed by atoms with van der Waals surface area (Å²) in [6.07, 6.45) is 15.3. The number of rotatable bonds is 6. The maximum absolute atomic E-state index is 13.6. The van der Waals surface area contributed by atoms with Crippen LogP contribution in [0.5, 0.6) is 0 Å². The lowest BCUT2D eigenvalue weighted by Crippen LogP contribution is -2.62. The Balaban J connectivity index is 1.96. The predicted molar refractivity (Wildman–Crippen MR) is 151 cm³/mol. The second-order valence-electron chi connectivity index (χ2n) is 12.5. The number of hydrogen-bond donors (Lipinski definition) is 0. The summed E-state index contributed by atoms with van der Waals surface area (Å²) in [5, 5.41) is 0. The number of Topliss-reactive ketones (excluding diaryl/α,β-unsaturated/α-hetero) is 1. The molecule has 0 amide bonds. The number of ketones is 1. The van der Waals surface area contributed by atoms with Crippen LogP contribution in [0.3, 0.4) is 0 Å². The topological polar surface area (TPSA) is 69.7 Å². The minimum absolute atomic E-state index is 0.0419. The van der Waals surface area contributed by atoms with E-state index in [4.69, 9.17) is 9.47 Å². The van der Waals surface area contributed by atoms with Crippen LogP contribution in [0, 0.1) is 28.1 Å². The van der Waals surface area contributed by atoms with Crippen LogP contribution in [-0.2, 0) is 23.9 Å². The van der Waals surface area contributed by atoms with Gasteiger partial charge in [0.1, 0.15) is 11.5 Å². The van der Waals surface area contributed by atoms with E-state index in [-0.39, 0.29) is 40.4 Å². The normalized spacial score (nSPS) is 36.6. The monoisotopic (exact) mass is 522 g/mol. The number of hydrogen-bond acceptors (Lipinski definition) is 5. The van der Waals surface area contributed by atoms with Crippen molar-refractivity contribution in [3.63, 3.8) is 0 Å². The zero-order valence-electron chi connectivity index (χ0n) is 24.8.